The molecular weight excluding hydrogens is 270 g/mol. The SMILES string of the molecule is Cc1ccc(NC(=O)[C@H]2CC(=O)Nc3ncnn32)c(C)c1. The molecule has 3 rings (SSSR count). The second-order valence-corrected chi connectivity index (χ2v) is 5.10. The van der Waals surface area contributed by atoms with Crippen molar-refractivity contribution in [2.24, 2.45) is 0 Å². The number of amides is 2. The van der Waals surface area contributed by atoms with Gasteiger partial charge < -0.3 is 5.32 Å². The fourth-order valence-corrected chi connectivity index (χ4v) is 2.38. The molecule has 0 radical (unpaired) electrons. The molecular formula is C14H15N5O2. The second kappa shape index (κ2) is 5.01. The van der Waals surface area contributed by atoms with Gasteiger partial charge in [0.2, 0.25) is 17.8 Å². The first-order valence-corrected chi connectivity index (χ1v) is 6.62. The van der Waals surface area contributed by atoms with Gasteiger partial charge in [-0.2, -0.15) is 10.1 Å². The van der Waals surface area contributed by atoms with Gasteiger partial charge >= 0.3 is 0 Å². The Morgan fingerprint density at radius 3 is 3.00 bits per heavy atom. The third kappa shape index (κ3) is 2.49. The van der Waals surface area contributed by atoms with E-state index in [0.717, 1.165) is 16.8 Å². The molecule has 2 aromatic rings. The molecule has 0 spiro atoms. The van der Waals surface area contributed by atoms with Crippen molar-refractivity contribution in [2.45, 2.75) is 26.3 Å². The summed E-state index contributed by atoms with van der Waals surface area (Å²) in [6, 6.07) is 5.09. The Balaban J connectivity index is 1.85. The van der Waals surface area contributed by atoms with Crippen LogP contribution in [-0.2, 0) is 9.59 Å². The Hall–Kier alpha value is -2.70. The molecule has 1 aliphatic heterocycles. The van der Waals surface area contributed by atoms with Crippen molar-refractivity contribution in [3.8, 4) is 0 Å². The van der Waals surface area contributed by atoms with E-state index in [0.29, 0.717) is 5.95 Å². The zero-order valence-corrected chi connectivity index (χ0v) is 11.8. The van der Waals surface area contributed by atoms with E-state index in [9.17, 15) is 9.59 Å². The van der Waals surface area contributed by atoms with Crippen LogP contribution in [0, 0.1) is 13.8 Å². The van der Waals surface area contributed by atoms with Crippen LogP contribution in [0.3, 0.4) is 0 Å². The molecule has 0 saturated heterocycles. The highest BCUT2D eigenvalue weighted by Gasteiger charge is 2.32. The number of nitrogens with zero attached hydrogens (tertiary/aromatic N) is 3. The summed E-state index contributed by atoms with van der Waals surface area (Å²) >= 11 is 0. The molecule has 108 valence electrons. The quantitative estimate of drug-likeness (QED) is 0.873. The van der Waals surface area contributed by atoms with E-state index >= 15 is 0 Å². The van der Waals surface area contributed by atoms with Crippen LogP contribution in [0.25, 0.3) is 0 Å². The number of hydrogen-bond acceptors (Lipinski definition) is 4. The number of carbonyl (C=O) groups excluding carboxylic acids is 2. The Morgan fingerprint density at radius 1 is 1.43 bits per heavy atom. The highest BCUT2D eigenvalue weighted by Crippen LogP contribution is 2.24. The van der Waals surface area contributed by atoms with Gasteiger partial charge in [0.05, 0.1) is 6.42 Å². The smallest absolute Gasteiger partial charge is 0.249 e. The van der Waals surface area contributed by atoms with Gasteiger partial charge in [0.1, 0.15) is 12.4 Å². The predicted molar refractivity (Wildman–Crippen MR) is 76.9 cm³/mol. The number of benzene rings is 1. The summed E-state index contributed by atoms with van der Waals surface area (Å²) in [7, 11) is 0. The van der Waals surface area contributed by atoms with Crippen molar-refractivity contribution < 1.29 is 9.59 Å². The van der Waals surface area contributed by atoms with Crippen molar-refractivity contribution in [1.82, 2.24) is 14.8 Å². The molecule has 2 N–H and O–H groups in total. The van der Waals surface area contributed by atoms with E-state index in [1.165, 1.54) is 11.0 Å². The summed E-state index contributed by atoms with van der Waals surface area (Å²) in [4.78, 5) is 28.0. The fourth-order valence-electron chi connectivity index (χ4n) is 2.38. The number of carbonyl (C=O) groups is 2. The first-order valence-electron chi connectivity index (χ1n) is 6.62. The van der Waals surface area contributed by atoms with E-state index in [-0.39, 0.29) is 18.2 Å². The number of fused-ring (bicyclic) bond motifs is 1. The zero-order chi connectivity index (χ0) is 15.0. The first-order chi connectivity index (χ1) is 10.0. The van der Waals surface area contributed by atoms with Crippen LogP contribution in [0.5, 0.6) is 0 Å². The second-order valence-electron chi connectivity index (χ2n) is 5.10. The van der Waals surface area contributed by atoms with Crippen molar-refractivity contribution in [3.05, 3.63) is 35.7 Å². The molecule has 1 aromatic carbocycles. The van der Waals surface area contributed by atoms with Gasteiger partial charge in [0, 0.05) is 5.69 Å². The van der Waals surface area contributed by atoms with Crippen molar-refractivity contribution in [1.29, 1.82) is 0 Å². The Labute approximate surface area is 121 Å². The van der Waals surface area contributed by atoms with Crippen LogP contribution in [0.2, 0.25) is 0 Å². The molecule has 1 aromatic heterocycles. The van der Waals surface area contributed by atoms with Gasteiger partial charge in [0.15, 0.2) is 0 Å². The van der Waals surface area contributed by atoms with Gasteiger partial charge in [-0.3, -0.25) is 14.9 Å². The lowest BCUT2D eigenvalue weighted by atomic mass is 10.1. The maximum absolute atomic E-state index is 12.4. The van der Waals surface area contributed by atoms with E-state index in [4.69, 9.17) is 0 Å². The first kappa shape index (κ1) is 13.3. The van der Waals surface area contributed by atoms with Gasteiger partial charge in [-0.25, -0.2) is 4.68 Å². The van der Waals surface area contributed by atoms with Gasteiger partial charge in [-0.1, -0.05) is 17.7 Å². The monoisotopic (exact) mass is 285 g/mol. The van der Waals surface area contributed by atoms with Crippen LogP contribution >= 0.6 is 0 Å². The summed E-state index contributed by atoms with van der Waals surface area (Å²) in [5.74, 6) is -0.216. The zero-order valence-electron chi connectivity index (χ0n) is 11.8. The topological polar surface area (TPSA) is 88.9 Å². The molecule has 2 heterocycles. The maximum atomic E-state index is 12.4. The lowest BCUT2D eigenvalue weighted by Crippen LogP contribution is -2.36. The summed E-state index contributed by atoms with van der Waals surface area (Å²) < 4.78 is 1.43. The summed E-state index contributed by atoms with van der Waals surface area (Å²) in [6.07, 6.45) is 1.37. The van der Waals surface area contributed by atoms with Crippen LogP contribution in [-0.4, -0.2) is 26.6 Å². The third-order valence-electron chi connectivity index (χ3n) is 3.44. The fraction of sp³-hybridized carbons (Fsp3) is 0.286. The standard InChI is InChI=1S/C14H15N5O2/c1-8-3-4-10(9(2)5-8)17-13(21)11-6-12(20)18-14-15-7-16-19(11)14/h3-5,7,11H,6H2,1-2H3,(H,17,21)(H,15,16,18,20)/t11-/m1/s1. The average Bonchev–Trinajstić information content (AvgIpc) is 2.88. The molecule has 0 saturated carbocycles. The van der Waals surface area contributed by atoms with Crippen LogP contribution in [0.15, 0.2) is 24.5 Å². The van der Waals surface area contributed by atoms with E-state index in [1.54, 1.807) is 0 Å². The number of hydrogen-bond donors (Lipinski definition) is 2. The molecule has 7 heteroatoms. The minimum absolute atomic E-state index is 0.0487. The molecule has 0 fully saturated rings. The van der Waals surface area contributed by atoms with Crippen molar-refractivity contribution in [2.75, 3.05) is 10.6 Å². The average molecular weight is 285 g/mol. The summed E-state index contributed by atoms with van der Waals surface area (Å²) in [5.41, 5.74) is 2.83. The van der Waals surface area contributed by atoms with Gasteiger partial charge in [0.25, 0.3) is 0 Å². The highest BCUT2D eigenvalue weighted by atomic mass is 16.2. The molecule has 21 heavy (non-hydrogen) atoms. The molecule has 0 bridgehead atoms. The summed E-state index contributed by atoms with van der Waals surface area (Å²) in [5, 5.41) is 9.43. The largest absolute Gasteiger partial charge is 0.324 e. The Morgan fingerprint density at radius 2 is 2.24 bits per heavy atom. The third-order valence-corrected chi connectivity index (χ3v) is 3.44. The predicted octanol–water partition coefficient (Wildman–Crippen LogP) is 1.42. The van der Waals surface area contributed by atoms with Crippen LogP contribution in [0.1, 0.15) is 23.6 Å². The molecule has 0 unspecified atom stereocenters. The number of aryl methyl sites for hydroxylation is 2. The van der Waals surface area contributed by atoms with Gasteiger partial charge in [-0.05, 0) is 25.5 Å². The lowest BCUT2D eigenvalue weighted by molar-refractivity contribution is -0.125. The van der Waals surface area contributed by atoms with Crippen LogP contribution < -0.4 is 10.6 Å². The van der Waals surface area contributed by atoms with Crippen molar-refractivity contribution >= 4 is 23.5 Å². The number of nitrogens with one attached hydrogen (secondary N) is 2. The van der Waals surface area contributed by atoms with E-state index in [1.807, 2.05) is 32.0 Å². The number of rotatable bonds is 2. The number of anilines is 2. The normalized spacial score (nSPS) is 17.0. The molecule has 2 amide bonds. The highest BCUT2D eigenvalue weighted by molar-refractivity contribution is 6.00. The molecule has 1 atom stereocenters. The van der Waals surface area contributed by atoms with E-state index in [2.05, 4.69) is 20.7 Å². The minimum Gasteiger partial charge on any atom is -0.324 e. The lowest BCUT2D eigenvalue weighted by Gasteiger charge is -2.22. The Bertz CT molecular complexity index is 722. The maximum Gasteiger partial charge on any atom is 0.249 e. The minimum atomic E-state index is -0.683. The molecule has 0 aliphatic carbocycles. The van der Waals surface area contributed by atoms with Gasteiger partial charge in [-0.15, -0.1) is 0 Å². The molecule has 7 nitrogen and oxygen atoms in total. The Kier molecular flexibility index (Phi) is 3.17. The van der Waals surface area contributed by atoms with Crippen molar-refractivity contribution in [3.63, 3.8) is 0 Å². The summed E-state index contributed by atoms with van der Waals surface area (Å²) in [6.45, 7) is 3.92. The number of aromatic nitrogens is 3. The van der Waals surface area contributed by atoms with E-state index < -0.39 is 6.04 Å². The van der Waals surface area contributed by atoms with Crippen LogP contribution in [0.4, 0.5) is 11.6 Å². The molecule has 1 aliphatic rings.